The van der Waals surface area contributed by atoms with Crippen LogP contribution < -0.4 is 0 Å². The van der Waals surface area contributed by atoms with Crippen molar-refractivity contribution in [1.82, 2.24) is 4.98 Å². The van der Waals surface area contributed by atoms with Crippen molar-refractivity contribution in [1.29, 1.82) is 0 Å². The molecule has 28 heavy (non-hydrogen) atoms. The van der Waals surface area contributed by atoms with Gasteiger partial charge in [-0.2, -0.15) is 0 Å². The molecule has 0 bridgehead atoms. The molecule has 1 atom stereocenters. The largest absolute Gasteiger partial charge is 0.257 e. The fourth-order valence-corrected chi connectivity index (χ4v) is 5.30. The first kappa shape index (κ1) is 20.5. The van der Waals surface area contributed by atoms with Crippen molar-refractivity contribution in [3.05, 3.63) is 98.9 Å². The highest BCUT2D eigenvalue weighted by molar-refractivity contribution is 6.55. The molecule has 1 aromatic heterocycles. The summed E-state index contributed by atoms with van der Waals surface area (Å²) in [5, 5.41) is 0. The Labute approximate surface area is 172 Å². The lowest BCUT2D eigenvalue weighted by molar-refractivity contribution is 0.873. The Morgan fingerprint density at radius 1 is 0.786 bits per heavy atom. The second-order valence-corrected chi connectivity index (χ2v) is 11.3. The molecule has 0 aliphatic carbocycles. The fourth-order valence-electron chi connectivity index (χ4n) is 4.38. The van der Waals surface area contributed by atoms with E-state index in [1.54, 1.807) is 0 Å². The molecular formula is C26H32NSi. The Hall–Kier alpha value is -2.19. The van der Waals surface area contributed by atoms with Crippen LogP contribution in [-0.4, -0.2) is 13.8 Å². The molecule has 1 radical (unpaired) electrons. The zero-order chi connectivity index (χ0) is 20.4. The van der Waals surface area contributed by atoms with Crippen LogP contribution in [0, 0.1) is 34.6 Å². The van der Waals surface area contributed by atoms with Crippen LogP contribution in [0.4, 0.5) is 0 Å². The third-order valence-corrected chi connectivity index (χ3v) is 6.49. The van der Waals surface area contributed by atoms with Gasteiger partial charge in [-0.05, 0) is 80.6 Å². The summed E-state index contributed by atoms with van der Waals surface area (Å²) in [4.78, 5) is 5.16. The van der Waals surface area contributed by atoms with Crippen LogP contribution in [0.1, 0.15) is 56.2 Å². The minimum atomic E-state index is -0.355. The molecular weight excluding hydrogens is 354 g/mol. The number of nitrogens with zero attached hydrogens (tertiary/aromatic N) is 1. The van der Waals surface area contributed by atoms with Crippen LogP contribution in [0.5, 0.6) is 0 Å². The zero-order valence-electron chi connectivity index (χ0n) is 18.4. The van der Waals surface area contributed by atoms with E-state index in [1.807, 2.05) is 0 Å². The minimum absolute atomic E-state index is 0.172. The van der Waals surface area contributed by atoms with Crippen molar-refractivity contribution in [2.75, 3.05) is 0 Å². The van der Waals surface area contributed by atoms with Gasteiger partial charge in [0.1, 0.15) is 0 Å². The molecule has 0 N–H and O–H groups in total. The summed E-state index contributed by atoms with van der Waals surface area (Å²) in [5.74, 6) is 0.172. The molecule has 0 fully saturated rings. The van der Waals surface area contributed by atoms with Gasteiger partial charge >= 0.3 is 0 Å². The van der Waals surface area contributed by atoms with E-state index in [4.69, 9.17) is 4.98 Å². The third kappa shape index (κ3) is 4.44. The number of pyridine rings is 1. The topological polar surface area (TPSA) is 12.9 Å². The van der Waals surface area contributed by atoms with Crippen LogP contribution in [0.3, 0.4) is 0 Å². The molecule has 0 aliphatic heterocycles. The van der Waals surface area contributed by atoms with E-state index in [9.17, 15) is 0 Å². The Balaban J connectivity index is 2.24. The van der Waals surface area contributed by atoms with Gasteiger partial charge in [0.05, 0.1) is 11.6 Å². The molecule has 145 valence electrons. The van der Waals surface area contributed by atoms with Crippen LogP contribution in [-0.2, 0) is 6.04 Å². The van der Waals surface area contributed by atoms with Crippen molar-refractivity contribution >= 4 is 8.80 Å². The minimum Gasteiger partial charge on any atom is -0.257 e. The van der Waals surface area contributed by atoms with Gasteiger partial charge in [-0.1, -0.05) is 60.6 Å². The quantitative estimate of drug-likeness (QED) is 0.448. The van der Waals surface area contributed by atoms with Gasteiger partial charge in [0.25, 0.3) is 0 Å². The van der Waals surface area contributed by atoms with Crippen molar-refractivity contribution < 1.29 is 0 Å². The van der Waals surface area contributed by atoms with Gasteiger partial charge in [0.15, 0.2) is 0 Å². The van der Waals surface area contributed by atoms with Crippen LogP contribution in [0.15, 0.2) is 48.5 Å². The highest BCUT2D eigenvalue weighted by Crippen LogP contribution is 2.37. The second kappa shape index (κ2) is 8.44. The van der Waals surface area contributed by atoms with Crippen LogP contribution in [0.25, 0.3) is 0 Å². The highest BCUT2D eigenvalue weighted by atomic mass is 28.3. The lowest BCUT2D eigenvalue weighted by Gasteiger charge is -2.25. The summed E-state index contributed by atoms with van der Waals surface area (Å²) in [5.41, 5.74) is 11.8. The van der Waals surface area contributed by atoms with E-state index >= 15 is 0 Å². The molecule has 0 amide bonds. The third-order valence-electron chi connectivity index (χ3n) is 5.42. The Kier molecular flexibility index (Phi) is 6.19. The maximum absolute atomic E-state index is 5.16. The van der Waals surface area contributed by atoms with E-state index < -0.39 is 0 Å². The molecule has 3 aromatic rings. The predicted octanol–water partition coefficient (Wildman–Crippen LogP) is 6.64. The number of hydrogen-bond acceptors (Lipinski definition) is 1. The molecule has 1 heterocycles. The van der Waals surface area contributed by atoms with Crippen LogP contribution in [0.2, 0.25) is 13.1 Å². The summed E-state index contributed by atoms with van der Waals surface area (Å²) in [7, 11) is -0.355. The monoisotopic (exact) mass is 386 g/mol. The number of benzene rings is 2. The van der Waals surface area contributed by atoms with E-state index in [-0.39, 0.29) is 14.7 Å². The first-order valence-electron chi connectivity index (χ1n) is 10.2. The van der Waals surface area contributed by atoms with E-state index in [0.717, 1.165) is 6.04 Å². The Morgan fingerprint density at radius 3 is 2.04 bits per heavy atom. The van der Waals surface area contributed by atoms with Gasteiger partial charge in [0, 0.05) is 14.5 Å². The maximum atomic E-state index is 5.16. The van der Waals surface area contributed by atoms with Crippen LogP contribution >= 0.6 is 0 Å². The van der Waals surface area contributed by atoms with Gasteiger partial charge in [-0.25, -0.2) is 0 Å². The van der Waals surface area contributed by atoms with Crippen molar-refractivity contribution in [2.24, 2.45) is 0 Å². The first-order chi connectivity index (χ1) is 13.3. The lowest BCUT2D eigenvalue weighted by Crippen LogP contribution is -2.14. The SMILES string of the molecule is Cc1ccc(C(c2cccc(C[Si](C)C)n2)c2c(C)cc(C)cc2C)c(C)c1. The van der Waals surface area contributed by atoms with Gasteiger partial charge in [-0.3, -0.25) is 4.98 Å². The summed E-state index contributed by atoms with van der Waals surface area (Å²) in [6.45, 7) is 15.8. The van der Waals surface area contributed by atoms with Crippen molar-refractivity contribution in [3.63, 3.8) is 0 Å². The maximum Gasteiger partial charge on any atom is 0.0526 e. The molecule has 0 aliphatic rings. The number of hydrogen-bond donors (Lipinski definition) is 0. The number of aryl methyl sites for hydroxylation is 5. The number of aromatic nitrogens is 1. The van der Waals surface area contributed by atoms with Crippen molar-refractivity contribution in [3.8, 4) is 0 Å². The summed E-state index contributed by atoms with van der Waals surface area (Å²) in [6, 6.07) is 19.2. The summed E-state index contributed by atoms with van der Waals surface area (Å²) >= 11 is 0. The van der Waals surface area contributed by atoms with Gasteiger partial charge < -0.3 is 0 Å². The lowest BCUT2D eigenvalue weighted by atomic mass is 9.80. The number of rotatable bonds is 5. The predicted molar refractivity (Wildman–Crippen MR) is 123 cm³/mol. The van der Waals surface area contributed by atoms with E-state index in [0.29, 0.717) is 0 Å². The molecule has 2 heteroatoms. The average Bonchev–Trinajstić information content (AvgIpc) is 2.58. The molecule has 3 rings (SSSR count). The van der Waals surface area contributed by atoms with E-state index in [1.165, 1.54) is 50.3 Å². The zero-order valence-corrected chi connectivity index (χ0v) is 19.4. The normalized spacial score (nSPS) is 12.4. The molecule has 2 aromatic carbocycles. The average molecular weight is 387 g/mol. The molecule has 0 saturated carbocycles. The molecule has 0 saturated heterocycles. The fraction of sp³-hybridized carbons (Fsp3) is 0.346. The first-order valence-corrected chi connectivity index (χ1v) is 12.9. The Bertz CT molecular complexity index is 964. The van der Waals surface area contributed by atoms with Gasteiger partial charge in [-0.15, -0.1) is 0 Å². The Morgan fingerprint density at radius 2 is 1.43 bits per heavy atom. The molecule has 1 unspecified atom stereocenters. The smallest absolute Gasteiger partial charge is 0.0526 e. The highest BCUT2D eigenvalue weighted by Gasteiger charge is 2.24. The van der Waals surface area contributed by atoms with Gasteiger partial charge in [0.2, 0.25) is 0 Å². The summed E-state index contributed by atoms with van der Waals surface area (Å²) < 4.78 is 0. The standard InChI is InChI=1S/C26H32NSi/c1-17-11-12-23(19(3)13-17)26(25-20(4)14-18(2)15-21(25)5)24-10-8-9-22(27-24)16-28(6)7/h8-15,26H,16H2,1-7H3. The molecule has 1 nitrogen and oxygen atoms in total. The summed E-state index contributed by atoms with van der Waals surface area (Å²) in [6.07, 6.45) is 0. The van der Waals surface area contributed by atoms with E-state index in [2.05, 4.69) is 96.2 Å². The second-order valence-electron chi connectivity index (χ2n) is 8.54. The van der Waals surface area contributed by atoms with Crippen molar-refractivity contribution in [2.45, 2.75) is 59.7 Å². The molecule has 0 spiro atoms.